The molecule has 1 heterocycles. The minimum atomic E-state index is -4.46. The SMILES string of the molecule is Cc1ccc(C(=O)CC2CC2)cc1-n1cnc(C(=O)NCc2cccc(C(F)(F)F)c2)c1N. The fourth-order valence-corrected chi connectivity index (χ4v) is 3.59. The van der Waals surface area contributed by atoms with Gasteiger partial charge in [0.1, 0.15) is 12.1 Å². The summed E-state index contributed by atoms with van der Waals surface area (Å²) in [7, 11) is 0. The number of nitrogen functional groups attached to an aromatic ring is 1. The van der Waals surface area contributed by atoms with Gasteiger partial charge in [0.2, 0.25) is 0 Å². The molecule has 1 saturated carbocycles. The molecule has 0 atom stereocenters. The summed E-state index contributed by atoms with van der Waals surface area (Å²) in [4.78, 5) is 29.2. The monoisotopic (exact) mass is 456 g/mol. The first-order valence-corrected chi connectivity index (χ1v) is 10.5. The molecule has 1 aromatic heterocycles. The van der Waals surface area contributed by atoms with Crippen LogP contribution in [0.25, 0.3) is 5.69 Å². The number of hydrogen-bond acceptors (Lipinski definition) is 4. The van der Waals surface area contributed by atoms with E-state index in [0.717, 1.165) is 30.5 Å². The molecule has 4 rings (SSSR count). The number of aromatic nitrogens is 2. The molecule has 33 heavy (non-hydrogen) atoms. The van der Waals surface area contributed by atoms with Crippen molar-refractivity contribution in [1.29, 1.82) is 0 Å². The Morgan fingerprint density at radius 3 is 2.64 bits per heavy atom. The number of Topliss-reactive ketones (excluding diaryl/α,β-unsaturated/α-hetero) is 1. The average molecular weight is 456 g/mol. The van der Waals surface area contributed by atoms with Crippen LogP contribution in [0.3, 0.4) is 0 Å². The van der Waals surface area contributed by atoms with E-state index in [1.54, 1.807) is 12.1 Å². The molecule has 172 valence electrons. The molecule has 0 bridgehead atoms. The third-order valence-electron chi connectivity index (χ3n) is 5.69. The molecular weight excluding hydrogens is 433 g/mol. The Labute approximate surface area is 188 Å². The van der Waals surface area contributed by atoms with Gasteiger partial charge in [-0.2, -0.15) is 13.2 Å². The number of nitrogens with two attached hydrogens (primary N) is 1. The van der Waals surface area contributed by atoms with Crippen LogP contribution in [0.2, 0.25) is 0 Å². The molecule has 3 aromatic rings. The lowest BCUT2D eigenvalue weighted by molar-refractivity contribution is -0.137. The molecule has 0 spiro atoms. The summed E-state index contributed by atoms with van der Waals surface area (Å²) < 4.78 is 40.2. The van der Waals surface area contributed by atoms with Crippen molar-refractivity contribution < 1.29 is 22.8 Å². The maximum absolute atomic E-state index is 12.9. The number of imidazole rings is 1. The van der Waals surface area contributed by atoms with E-state index in [9.17, 15) is 22.8 Å². The molecule has 6 nitrogen and oxygen atoms in total. The van der Waals surface area contributed by atoms with Crippen LogP contribution >= 0.6 is 0 Å². The Kier molecular flexibility index (Phi) is 5.97. The molecule has 1 amide bonds. The fraction of sp³-hybridized carbons (Fsp3) is 0.292. The van der Waals surface area contributed by atoms with Crippen molar-refractivity contribution in [2.24, 2.45) is 5.92 Å². The van der Waals surface area contributed by atoms with Gasteiger partial charge in [-0.25, -0.2) is 4.98 Å². The average Bonchev–Trinajstić information content (AvgIpc) is 3.51. The minimum Gasteiger partial charge on any atom is -0.383 e. The number of rotatable bonds is 7. The number of alkyl halides is 3. The van der Waals surface area contributed by atoms with E-state index in [0.29, 0.717) is 29.2 Å². The van der Waals surface area contributed by atoms with Crippen molar-refractivity contribution in [3.05, 3.63) is 76.7 Å². The molecule has 0 saturated heterocycles. The highest BCUT2D eigenvalue weighted by atomic mass is 19.4. The number of carbonyl (C=O) groups is 2. The fourth-order valence-electron chi connectivity index (χ4n) is 3.59. The highest BCUT2D eigenvalue weighted by molar-refractivity contribution is 5.98. The number of nitrogens with zero attached hydrogens (tertiary/aromatic N) is 2. The smallest absolute Gasteiger partial charge is 0.383 e. The summed E-state index contributed by atoms with van der Waals surface area (Å²) in [5.74, 6) is -0.00195. The highest BCUT2D eigenvalue weighted by Gasteiger charge is 2.30. The van der Waals surface area contributed by atoms with Crippen LogP contribution in [-0.4, -0.2) is 21.2 Å². The van der Waals surface area contributed by atoms with Crippen molar-refractivity contribution >= 4 is 17.5 Å². The summed E-state index contributed by atoms with van der Waals surface area (Å²) in [6.45, 7) is 1.75. The van der Waals surface area contributed by atoms with Gasteiger partial charge in [0, 0.05) is 18.5 Å². The number of anilines is 1. The van der Waals surface area contributed by atoms with Crippen molar-refractivity contribution in [1.82, 2.24) is 14.9 Å². The maximum Gasteiger partial charge on any atom is 0.416 e. The first-order valence-electron chi connectivity index (χ1n) is 10.5. The van der Waals surface area contributed by atoms with Gasteiger partial charge in [0.15, 0.2) is 11.5 Å². The lowest BCUT2D eigenvalue weighted by Crippen LogP contribution is -2.24. The van der Waals surface area contributed by atoms with E-state index in [1.807, 2.05) is 13.0 Å². The van der Waals surface area contributed by atoms with Gasteiger partial charge in [-0.1, -0.05) is 24.3 Å². The van der Waals surface area contributed by atoms with Crippen molar-refractivity contribution in [3.8, 4) is 5.69 Å². The highest BCUT2D eigenvalue weighted by Crippen LogP contribution is 2.34. The third kappa shape index (κ3) is 5.08. The van der Waals surface area contributed by atoms with Gasteiger partial charge >= 0.3 is 6.18 Å². The van der Waals surface area contributed by atoms with Crippen LogP contribution in [0.4, 0.5) is 19.0 Å². The molecule has 1 aliphatic carbocycles. The number of nitrogens with one attached hydrogen (secondary N) is 1. The van der Waals surface area contributed by atoms with E-state index < -0.39 is 17.6 Å². The normalized spacial score (nSPS) is 13.7. The van der Waals surface area contributed by atoms with Crippen LogP contribution < -0.4 is 11.1 Å². The minimum absolute atomic E-state index is 0.0453. The summed E-state index contributed by atoms with van der Waals surface area (Å²) in [5, 5.41) is 2.56. The first kappa shape index (κ1) is 22.6. The number of hydrogen-bond donors (Lipinski definition) is 2. The summed E-state index contributed by atoms with van der Waals surface area (Å²) in [6.07, 6.45) is -0.386. The van der Waals surface area contributed by atoms with Crippen molar-refractivity contribution in [3.63, 3.8) is 0 Å². The second kappa shape index (κ2) is 8.73. The molecule has 1 aliphatic rings. The summed E-state index contributed by atoms with van der Waals surface area (Å²) in [5.41, 5.74) is 7.70. The Morgan fingerprint density at radius 1 is 1.18 bits per heavy atom. The first-order chi connectivity index (χ1) is 15.6. The number of amides is 1. The van der Waals surface area contributed by atoms with E-state index >= 15 is 0 Å². The molecule has 0 aliphatic heterocycles. The molecular formula is C24H23F3N4O2. The van der Waals surface area contributed by atoms with Crippen LogP contribution in [-0.2, 0) is 12.7 Å². The van der Waals surface area contributed by atoms with Crippen LogP contribution in [0.1, 0.15) is 56.8 Å². The lowest BCUT2D eigenvalue weighted by Gasteiger charge is -2.12. The molecule has 1 fully saturated rings. The van der Waals surface area contributed by atoms with E-state index in [-0.39, 0.29) is 23.8 Å². The second-order valence-corrected chi connectivity index (χ2v) is 8.30. The molecule has 0 radical (unpaired) electrons. The third-order valence-corrected chi connectivity index (χ3v) is 5.69. The molecule has 2 aromatic carbocycles. The van der Waals surface area contributed by atoms with Crippen molar-refractivity contribution in [2.45, 2.75) is 38.9 Å². The van der Waals surface area contributed by atoms with Gasteiger partial charge in [0.05, 0.1) is 11.3 Å². The van der Waals surface area contributed by atoms with Crippen molar-refractivity contribution in [2.75, 3.05) is 5.73 Å². The number of benzene rings is 2. The van der Waals surface area contributed by atoms with Crippen LogP contribution in [0, 0.1) is 12.8 Å². The maximum atomic E-state index is 12.9. The number of aryl methyl sites for hydroxylation is 1. The zero-order valence-electron chi connectivity index (χ0n) is 17.9. The summed E-state index contributed by atoms with van der Waals surface area (Å²) in [6, 6.07) is 10.1. The van der Waals surface area contributed by atoms with Gasteiger partial charge in [-0.3, -0.25) is 14.2 Å². The van der Waals surface area contributed by atoms with Crippen LogP contribution in [0.5, 0.6) is 0 Å². The zero-order chi connectivity index (χ0) is 23.8. The Bertz CT molecular complexity index is 1210. The van der Waals surface area contributed by atoms with Gasteiger partial charge in [0.25, 0.3) is 5.91 Å². The molecule has 0 unspecified atom stereocenters. The number of carbonyl (C=O) groups excluding carboxylic acids is 2. The molecule has 9 heteroatoms. The largest absolute Gasteiger partial charge is 0.416 e. The Morgan fingerprint density at radius 2 is 1.94 bits per heavy atom. The predicted octanol–water partition coefficient (Wildman–Crippen LogP) is 4.69. The van der Waals surface area contributed by atoms with E-state index in [4.69, 9.17) is 5.73 Å². The van der Waals surface area contributed by atoms with Gasteiger partial charge in [-0.15, -0.1) is 0 Å². The predicted molar refractivity (Wildman–Crippen MR) is 117 cm³/mol. The quantitative estimate of drug-likeness (QED) is 0.505. The van der Waals surface area contributed by atoms with Crippen LogP contribution in [0.15, 0.2) is 48.8 Å². The number of halogens is 3. The second-order valence-electron chi connectivity index (χ2n) is 8.30. The van der Waals surface area contributed by atoms with E-state index in [1.165, 1.54) is 23.0 Å². The summed E-state index contributed by atoms with van der Waals surface area (Å²) >= 11 is 0. The number of ketones is 1. The standard InChI is InChI=1S/C24H23F3N4O2/c1-14-5-8-17(20(32)10-15-6-7-15)11-19(14)31-13-30-21(22(31)28)23(33)29-12-16-3-2-4-18(9-16)24(25,26)27/h2-5,8-9,11,13,15H,6-7,10,12,28H2,1H3,(H,29,33). The van der Waals surface area contributed by atoms with Gasteiger partial charge in [-0.05, 0) is 55.0 Å². The van der Waals surface area contributed by atoms with Gasteiger partial charge < -0.3 is 11.1 Å². The lowest BCUT2D eigenvalue weighted by atomic mass is 10.0. The molecule has 3 N–H and O–H groups in total. The zero-order valence-corrected chi connectivity index (χ0v) is 17.9. The topological polar surface area (TPSA) is 90.0 Å². The van der Waals surface area contributed by atoms with E-state index in [2.05, 4.69) is 10.3 Å². The Hall–Kier alpha value is -3.62. The Balaban J connectivity index is 1.51.